The van der Waals surface area contributed by atoms with Gasteiger partial charge in [0.2, 0.25) is 5.88 Å². The Bertz CT molecular complexity index is 584. The van der Waals surface area contributed by atoms with E-state index in [1.165, 1.54) is 0 Å². The number of rotatable bonds is 4. The molecule has 19 heavy (non-hydrogen) atoms. The molecule has 2 rings (SSSR count). The molecule has 0 aromatic carbocycles. The number of aromatic nitrogens is 3. The van der Waals surface area contributed by atoms with Crippen LogP contribution >= 0.6 is 0 Å². The summed E-state index contributed by atoms with van der Waals surface area (Å²) in [4.78, 5) is 13.3. The van der Waals surface area contributed by atoms with Crippen LogP contribution in [0.3, 0.4) is 0 Å². The van der Waals surface area contributed by atoms with E-state index in [1.807, 2.05) is 32.9 Å². The van der Waals surface area contributed by atoms with Crippen LogP contribution in [0.15, 0.2) is 18.3 Å². The first-order valence-corrected chi connectivity index (χ1v) is 6.25. The number of hydrogen-bond acceptors (Lipinski definition) is 5. The van der Waals surface area contributed by atoms with Crippen molar-refractivity contribution in [2.45, 2.75) is 20.8 Å². The van der Waals surface area contributed by atoms with Crippen molar-refractivity contribution in [2.24, 2.45) is 0 Å². The first kappa shape index (κ1) is 13.3. The van der Waals surface area contributed by atoms with Gasteiger partial charge in [0.05, 0.1) is 18.5 Å². The molecular formula is C14H18N4O. The smallest absolute Gasteiger partial charge is 0.213 e. The molecule has 2 aromatic rings. The summed E-state index contributed by atoms with van der Waals surface area (Å²) in [6.07, 6.45) is 1.71. The molecule has 1 N–H and O–H groups in total. The first-order valence-electron chi connectivity index (χ1n) is 6.25. The molecular weight excluding hydrogens is 240 g/mol. The number of ether oxygens (including phenoxy) is 1. The summed E-state index contributed by atoms with van der Waals surface area (Å²) in [6.45, 7) is 6.75. The number of anilines is 1. The molecule has 0 saturated heterocycles. The summed E-state index contributed by atoms with van der Waals surface area (Å²) < 4.78 is 5.15. The second-order valence-electron chi connectivity index (χ2n) is 4.21. The summed E-state index contributed by atoms with van der Waals surface area (Å²) in [7, 11) is 1.60. The van der Waals surface area contributed by atoms with Crippen LogP contribution in [0, 0.1) is 13.8 Å². The van der Waals surface area contributed by atoms with Gasteiger partial charge in [0.1, 0.15) is 5.69 Å². The van der Waals surface area contributed by atoms with Crippen LogP contribution in [0.2, 0.25) is 0 Å². The molecule has 100 valence electrons. The maximum atomic E-state index is 5.15. The molecule has 5 nitrogen and oxygen atoms in total. The predicted octanol–water partition coefficient (Wildman–Crippen LogP) is 2.60. The summed E-state index contributed by atoms with van der Waals surface area (Å²) in [6, 6.07) is 3.77. The van der Waals surface area contributed by atoms with Gasteiger partial charge in [0.25, 0.3) is 0 Å². The van der Waals surface area contributed by atoms with E-state index in [0.29, 0.717) is 5.88 Å². The average molecular weight is 258 g/mol. The molecule has 0 fully saturated rings. The Balaban J connectivity index is 2.55. The van der Waals surface area contributed by atoms with E-state index in [4.69, 9.17) is 4.74 Å². The monoisotopic (exact) mass is 258 g/mol. The molecule has 0 saturated carbocycles. The third kappa shape index (κ3) is 2.81. The lowest BCUT2D eigenvalue weighted by Gasteiger charge is -2.12. The standard InChI is InChI=1S/C14H18N4O/c1-5-15-14-13(17-9(2)10(3)18-14)11-6-7-16-12(8-11)19-4/h6-8H,5H2,1-4H3,(H,15,18). The van der Waals surface area contributed by atoms with Gasteiger partial charge in [-0.15, -0.1) is 0 Å². The summed E-state index contributed by atoms with van der Waals surface area (Å²) in [5, 5.41) is 3.25. The van der Waals surface area contributed by atoms with E-state index < -0.39 is 0 Å². The van der Waals surface area contributed by atoms with E-state index in [0.717, 1.165) is 35.0 Å². The van der Waals surface area contributed by atoms with Gasteiger partial charge in [-0.3, -0.25) is 0 Å². The van der Waals surface area contributed by atoms with Gasteiger partial charge in [0.15, 0.2) is 5.82 Å². The van der Waals surface area contributed by atoms with E-state index in [2.05, 4.69) is 20.3 Å². The largest absolute Gasteiger partial charge is 0.481 e. The summed E-state index contributed by atoms with van der Waals surface area (Å²) >= 11 is 0. The molecule has 2 heterocycles. The highest BCUT2D eigenvalue weighted by Gasteiger charge is 2.11. The molecule has 0 amide bonds. The van der Waals surface area contributed by atoms with Crippen LogP contribution in [0.4, 0.5) is 5.82 Å². The second kappa shape index (κ2) is 5.65. The Labute approximate surface area is 113 Å². The fourth-order valence-electron chi connectivity index (χ4n) is 1.76. The van der Waals surface area contributed by atoms with Crippen LogP contribution in [0.25, 0.3) is 11.3 Å². The average Bonchev–Trinajstić information content (AvgIpc) is 2.43. The number of nitrogens with one attached hydrogen (secondary N) is 1. The van der Waals surface area contributed by atoms with Crippen molar-refractivity contribution in [3.05, 3.63) is 29.7 Å². The summed E-state index contributed by atoms with van der Waals surface area (Å²) in [5.74, 6) is 1.36. The minimum Gasteiger partial charge on any atom is -0.481 e. The maximum Gasteiger partial charge on any atom is 0.213 e. The number of hydrogen-bond donors (Lipinski definition) is 1. The molecule has 5 heteroatoms. The third-order valence-corrected chi connectivity index (χ3v) is 2.87. The molecule has 0 unspecified atom stereocenters. The minimum atomic E-state index is 0.569. The summed E-state index contributed by atoms with van der Waals surface area (Å²) in [5.41, 5.74) is 3.62. The van der Waals surface area contributed by atoms with Gasteiger partial charge >= 0.3 is 0 Å². The van der Waals surface area contributed by atoms with Gasteiger partial charge in [0, 0.05) is 24.4 Å². The maximum absolute atomic E-state index is 5.15. The van der Waals surface area contributed by atoms with E-state index in [-0.39, 0.29) is 0 Å². The minimum absolute atomic E-state index is 0.569. The van der Waals surface area contributed by atoms with Gasteiger partial charge in [-0.05, 0) is 26.8 Å². The number of methoxy groups -OCH3 is 1. The van der Waals surface area contributed by atoms with Gasteiger partial charge < -0.3 is 10.1 Å². The van der Waals surface area contributed by atoms with E-state index in [9.17, 15) is 0 Å². The van der Waals surface area contributed by atoms with E-state index in [1.54, 1.807) is 13.3 Å². The number of pyridine rings is 1. The highest BCUT2D eigenvalue weighted by Crippen LogP contribution is 2.27. The van der Waals surface area contributed by atoms with Crippen LogP contribution in [0.1, 0.15) is 18.3 Å². The quantitative estimate of drug-likeness (QED) is 0.913. The van der Waals surface area contributed by atoms with Crippen molar-refractivity contribution in [1.29, 1.82) is 0 Å². The zero-order valence-electron chi connectivity index (χ0n) is 11.7. The normalized spacial score (nSPS) is 10.3. The molecule has 2 aromatic heterocycles. The Morgan fingerprint density at radius 3 is 2.63 bits per heavy atom. The lowest BCUT2D eigenvalue weighted by molar-refractivity contribution is 0.398. The molecule has 0 bridgehead atoms. The van der Waals surface area contributed by atoms with Gasteiger partial charge in [-0.2, -0.15) is 0 Å². The van der Waals surface area contributed by atoms with Crippen molar-refractivity contribution >= 4 is 5.82 Å². The second-order valence-corrected chi connectivity index (χ2v) is 4.21. The fourth-order valence-corrected chi connectivity index (χ4v) is 1.76. The van der Waals surface area contributed by atoms with Crippen LogP contribution in [-0.4, -0.2) is 28.6 Å². The van der Waals surface area contributed by atoms with Crippen molar-refractivity contribution in [2.75, 3.05) is 19.0 Å². The Morgan fingerprint density at radius 2 is 1.95 bits per heavy atom. The third-order valence-electron chi connectivity index (χ3n) is 2.87. The SMILES string of the molecule is CCNc1nc(C)c(C)nc1-c1ccnc(OC)c1. The molecule has 0 spiro atoms. The van der Waals surface area contributed by atoms with Gasteiger partial charge in [-0.1, -0.05) is 0 Å². The van der Waals surface area contributed by atoms with Crippen molar-refractivity contribution in [3.8, 4) is 17.1 Å². The fraction of sp³-hybridized carbons (Fsp3) is 0.357. The van der Waals surface area contributed by atoms with Crippen LogP contribution in [0.5, 0.6) is 5.88 Å². The van der Waals surface area contributed by atoms with Crippen molar-refractivity contribution < 1.29 is 4.74 Å². The van der Waals surface area contributed by atoms with Crippen LogP contribution in [-0.2, 0) is 0 Å². The first-order chi connectivity index (χ1) is 9.15. The highest BCUT2D eigenvalue weighted by atomic mass is 16.5. The Morgan fingerprint density at radius 1 is 1.21 bits per heavy atom. The van der Waals surface area contributed by atoms with E-state index >= 15 is 0 Å². The Kier molecular flexibility index (Phi) is 3.94. The lowest BCUT2D eigenvalue weighted by atomic mass is 10.1. The highest BCUT2D eigenvalue weighted by molar-refractivity contribution is 5.72. The molecule has 0 atom stereocenters. The molecule has 0 aliphatic rings. The van der Waals surface area contributed by atoms with Gasteiger partial charge in [-0.25, -0.2) is 15.0 Å². The lowest BCUT2D eigenvalue weighted by Crippen LogP contribution is -2.06. The van der Waals surface area contributed by atoms with Crippen LogP contribution < -0.4 is 10.1 Å². The van der Waals surface area contributed by atoms with Crippen molar-refractivity contribution in [3.63, 3.8) is 0 Å². The molecule has 0 aliphatic carbocycles. The zero-order chi connectivity index (χ0) is 13.8. The van der Waals surface area contributed by atoms with Crippen molar-refractivity contribution in [1.82, 2.24) is 15.0 Å². The number of nitrogens with zero attached hydrogens (tertiary/aromatic N) is 3. The predicted molar refractivity (Wildman–Crippen MR) is 75.5 cm³/mol. The zero-order valence-corrected chi connectivity index (χ0v) is 11.7. The topological polar surface area (TPSA) is 59.9 Å². The number of aryl methyl sites for hydroxylation is 2. The molecule has 0 aliphatic heterocycles. The Hall–Kier alpha value is -2.17. The molecule has 0 radical (unpaired) electrons.